The molecule has 0 bridgehead atoms. The summed E-state index contributed by atoms with van der Waals surface area (Å²) in [4.78, 5) is 20.6. The van der Waals surface area contributed by atoms with Crippen molar-refractivity contribution < 1.29 is 17.1 Å². The predicted molar refractivity (Wildman–Crippen MR) is 70.3 cm³/mol. The number of aryl methyl sites for hydroxylation is 1. The van der Waals surface area contributed by atoms with Gasteiger partial charge in [-0.15, -0.1) is 3.89 Å². The Bertz CT molecular complexity index is 631. The molecule has 6 nitrogen and oxygen atoms in total. The van der Waals surface area contributed by atoms with Crippen molar-refractivity contribution in [2.75, 3.05) is 11.4 Å². The fraction of sp³-hybridized carbons (Fsp3) is 0.444. The summed E-state index contributed by atoms with van der Waals surface area (Å²) in [5.41, 5.74) is 0.495. The first-order valence-corrected chi connectivity index (χ1v) is 7.75. The molecule has 1 aliphatic heterocycles. The molecule has 2 heterocycles. The third-order valence-corrected chi connectivity index (χ3v) is 5.26. The van der Waals surface area contributed by atoms with E-state index < -0.39 is 27.8 Å². The Labute approximate surface area is 122 Å². The first-order chi connectivity index (χ1) is 8.70. The van der Waals surface area contributed by atoms with Crippen LogP contribution in [0.4, 0.5) is 9.83 Å². The van der Waals surface area contributed by atoms with E-state index in [2.05, 4.69) is 25.9 Å². The number of nitrogens with zero attached hydrogens (tertiary/aromatic N) is 3. The summed E-state index contributed by atoms with van der Waals surface area (Å²) in [6.07, 6.45) is -0.422. The molecule has 0 N–H and O–H groups in total. The first kappa shape index (κ1) is 14.6. The molecule has 0 spiro atoms. The highest BCUT2D eigenvalue weighted by Crippen LogP contribution is 2.28. The van der Waals surface area contributed by atoms with Crippen molar-refractivity contribution in [3.05, 3.63) is 15.3 Å². The molecule has 1 atom stereocenters. The molecule has 1 aromatic rings. The van der Waals surface area contributed by atoms with Crippen molar-refractivity contribution in [2.45, 2.75) is 18.6 Å². The van der Waals surface area contributed by atoms with Gasteiger partial charge in [-0.1, -0.05) is 11.6 Å². The molecule has 19 heavy (non-hydrogen) atoms. The van der Waals surface area contributed by atoms with Gasteiger partial charge in [0.25, 0.3) is 0 Å². The average Bonchev–Trinajstić information content (AvgIpc) is 2.67. The Morgan fingerprint density at radius 1 is 1.47 bits per heavy atom. The van der Waals surface area contributed by atoms with Crippen molar-refractivity contribution in [3.63, 3.8) is 0 Å². The number of halogens is 3. The summed E-state index contributed by atoms with van der Waals surface area (Å²) in [6, 6.07) is 0. The lowest BCUT2D eigenvalue weighted by atomic mass is 10.4. The molecule has 1 saturated heterocycles. The predicted octanol–water partition coefficient (Wildman–Crippen LogP) is 1.61. The van der Waals surface area contributed by atoms with E-state index in [0.717, 1.165) is 4.90 Å². The normalized spacial score (nSPS) is 20.1. The minimum absolute atomic E-state index is 0.0261. The van der Waals surface area contributed by atoms with Crippen LogP contribution in [0, 0.1) is 6.92 Å². The molecule has 1 amide bonds. The van der Waals surface area contributed by atoms with Gasteiger partial charge >= 0.3 is 10.2 Å². The van der Waals surface area contributed by atoms with Crippen LogP contribution < -0.4 is 4.90 Å². The van der Waals surface area contributed by atoms with E-state index in [9.17, 15) is 17.1 Å². The lowest BCUT2D eigenvalue weighted by molar-refractivity contribution is -0.117. The van der Waals surface area contributed by atoms with Crippen molar-refractivity contribution in [1.29, 1.82) is 0 Å². The van der Waals surface area contributed by atoms with Gasteiger partial charge in [-0.3, -0.25) is 9.69 Å². The topological polar surface area (TPSA) is 80.2 Å². The van der Waals surface area contributed by atoms with Crippen LogP contribution in [0.2, 0.25) is 5.15 Å². The molecule has 0 radical (unpaired) electrons. The summed E-state index contributed by atoms with van der Waals surface area (Å²) in [5.74, 6) is -0.578. The van der Waals surface area contributed by atoms with E-state index >= 15 is 0 Å². The second-order valence-electron chi connectivity index (χ2n) is 4.02. The summed E-state index contributed by atoms with van der Waals surface area (Å²) in [7, 11) is -4.77. The highest BCUT2D eigenvalue weighted by molar-refractivity contribution is 9.10. The number of anilines is 1. The maximum Gasteiger partial charge on any atom is 0.307 e. The number of hydrogen-bond acceptors (Lipinski definition) is 5. The minimum Gasteiger partial charge on any atom is -0.279 e. The maximum absolute atomic E-state index is 12.9. The second kappa shape index (κ2) is 4.95. The molecule has 0 aromatic carbocycles. The molecule has 2 rings (SSSR count). The second-order valence-corrected chi connectivity index (χ2v) is 6.79. The van der Waals surface area contributed by atoms with Crippen molar-refractivity contribution in [1.82, 2.24) is 9.97 Å². The van der Waals surface area contributed by atoms with E-state index in [1.807, 2.05) is 0 Å². The Hall–Kier alpha value is -0.800. The summed E-state index contributed by atoms with van der Waals surface area (Å²) < 4.78 is 35.0. The van der Waals surface area contributed by atoms with E-state index in [1.54, 1.807) is 6.92 Å². The van der Waals surface area contributed by atoms with Crippen molar-refractivity contribution >= 4 is 49.6 Å². The fourth-order valence-electron chi connectivity index (χ4n) is 1.69. The summed E-state index contributed by atoms with van der Waals surface area (Å²) >= 11 is 9.01. The number of aromatic nitrogens is 2. The van der Waals surface area contributed by atoms with E-state index in [-0.39, 0.29) is 17.6 Å². The molecular weight excluding hydrogens is 365 g/mol. The quantitative estimate of drug-likeness (QED) is 0.582. The Kier molecular flexibility index (Phi) is 3.80. The number of carbonyl (C=O) groups is 1. The Balaban J connectivity index is 2.36. The van der Waals surface area contributed by atoms with Crippen LogP contribution >= 0.6 is 27.5 Å². The van der Waals surface area contributed by atoms with Crippen molar-refractivity contribution in [2.24, 2.45) is 0 Å². The van der Waals surface area contributed by atoms with Crippen LogP contribution in [-0.2, 0) is 15.0 Å². The third-order valence-electron chi connectivity index (χ3n) is 2.69. The Morgan fingerprint density at radius 3 is 2.58 bits per heavy atom. The van der Waals surface area contributed by atoms with E-state index in [0.29, 0.717) is 10.2 Å². The zero-order valence-corrected chi connectivity index (χ0v) is 12.8. The zero-order chi connectivity index (χ0) is 14.4. The largest absolute Gasteiger partial charge is 0.307 e. The van der Waals surface area contributed by atoms with Crippen LogP contribution in [0.15, 0.2) is 4.47 Å². The molecule has 1 aromatic heterocycles. The van der Waals surface area contributed by atoms with Gasteiger partial charge in [0.05, 0.1) is 10.2 Å². The van der Waals surface area contributed by atoms with Gasteiger partial charge in [0.15, 0.2) is 0 Å². The van der Waals surface area contributed by atoms with Crippen LogP contribution in [0.3, 0.4) is 0 Å². The first-order valence-electron chi connectivity index (χ1n) is 5.13. The van der Waals surface area contributed by atoms with Crippen LogP contribution in [0.1, 0.15) is 12.1 Å². The van der Waals surface area contributed by atoms with Gasteiger partial charge < -0.3 is 0 Å². The number of carbonyl (C=O) groups excluding carboxylic acids is 1. The monoisotopic (exact) mass is 371 g/mol. The van der Waals surface area contributed by atoms with Crippen LogP contribution in [0.5, 0.6) is 0 Å². The lowest BCUT2D eigenvalue weighted by Gasteiger charge is -2.15. The lowest BCUT2D eigenvalue weighted by Crippen LogP contribution is -2.28. The summed E-state index contributed by atoms with van der Waals surface area (Å²) in [6.45, 7) is 1.33. The molecule has 0 saturated carbocycles. The molecule has 0 aliphatic carbocycles. The molecule has 1 aliphatic rings. The van der Waals surface area contributed by atoms with Crippen molar-refractivity contribution in [3.8, 4) is 0 Å². The smallest absolute Gasteiger partial charge is 0.279 e. The highest BCUT2D eigenvalue weighted by atomic mass is 79.9. The number of hydrogen-bond donors (Lipinski definition) is 0. The minimum atomic E-state index is -4.77. The third kappa shape index (κ3) is 2.87. The zero-order valence-electron chi connectivity index (χ0n) is 9.60. The van der Waals surface area contributed by atoms with E-state index in [4.69, 9.17) is 11.6 Å². The van der Waals surface area contributed by atoms with Crippen LogP contribution in [-0.4, -0.2) is 36.1 Å². The van der Waals surface area contributed by atoms with Gasteiger partial charge in [-0.05, 0) is 22.9 Å². The highest BCUT2D eigenvalue weighted by Gasteiger charge is 2.40. The van der Waals surface area contributed by atoms with Gasteiger partial charge in [0, 0.05) is 13.0 Å². The van der Waals surface area contributed by atoms with Gasteiger partial charge in [-0.25, -0.2) is 4.98 Å². The molecule has 104 valence electrons. The number of amides is 1. The molecular formula is C9H8BrClFN3O3S. The standard InChI is InChI=1S/C9H8BrClFN3O3S/c1-4-7(10)8(11)14-9(13-4)15-3-5(2-6(15)16)19(12,17)18/h5H,2-3H2,1H3. The average molecular weight is 373 g/mol. The van der Waals surface area contributed by atoms with Gasteiger partial charge in [0.2, 0.25) is 11.9 Å². The van der Waals surface area contributed by atoms with E-state index in [1.165, 1.54) is 0 Å². The maximum atomic E-state index is 12.9. The van der Waals surface area contributed by atoms with Gasteiger partial charge in [0.1, 0.15) is 10.4 Å². The molecule has 1 fully saturated rings. The Morgan fingerprint density at radius 2 is 2.11 bits per heavy atom. The van der Waals surface area contributed by atoms with Gasteiger partial charge in [-0.2, -0.15) is 13.4 Å². The molecule has 1 unspecified atom stereocenters. The summed E-state index contributed by atoms with van der Waals surface area (Å²) in [5, 5.41) is -1.28. The fourth-order valence-corrected chi connectivity index (χ4v) is 2.75. The molecule has 10 heteroatoms. The SMILES string of the molecule is Cc1nc(N2CC(S(=O)(=O)F)CC2=O)nc(Cl)c1Br. The number of rotatable bonds is 2. The van der Waals surface area contributed by atoms with Crippen LogP contribution in [0.25, 0.3) is 0 Å².